The van der Waals surface area contributed by atoms with E-state index in [1.807, 2.05) is 19.1 Å². The lowest BCUT2D eigenvalue weighted by Crippen LogP contribution is -2.39. The molecule has 2 heterocycles. The number of carbonyl (C=O) groups is 2. The Bertz CT molecular complexity index is 1060. The zero-order chi connectivity index (χ0) is 22.6. The Morgan fingerprint density at radius 2 is 1.84 bits per heavy atom. The fraction of sp³-hybridized carbons (Fsp3) is 0.520. The maximum Gasteiger partial charge on any atom is 0.337 e. The van der Waals surface area contributed by atoms with Crippen LogP contribution < -0.4 is 14.8 Å². The van der Waals surface area contributed by atoms with Crippen LogP contribution in [0, 0.1) is 5.41 Å². The quantitative estimate of drug-likeness (QED) is 0.568. The van der Waals surface area contributed by atoms with Crippen LogP contribution in [0.15, 0.2) is 39.1 Å². The average molecular weight is 502 g/mol. The number of hydrogen-bond acceptors (Lipinski definition) is 6. The predicted octanol–water partition coefficient (Wildman–Crippen LogP) is 5.27. The molecule has 2 aliphatic carbocycles. The van der Waals surface area contributed by atoms with Crippen LogP contribution in [0.2, 0.25) is 0 Å². The second kappa shape index (κ2) is 7.94. The number of Topliss-reactive ketones (excluding diaryl/α,β-unsaturated/α-hetero) is 1. The van der Waals surface area contributed by atoms with Crippen molar-refractivity contribution in [1.82, 2.24) is 5.32 Å². The number of hydrogen-bond donors (Lipinski definition) is 1. The third kappa shape index (κ3) is 3.74. The summed E-state index contributed by atoms with van der Waals surface area (Å²) in [7, 11) is 0. The van der Waals surface area contributed by atoms with Crippen molar-refractivity contribution in [3.63, 3.8) is 0 Å². The molecule has 6 nitrogen and oxygen atoms in total. The van der Waals surface area contributed by atoms with Crippen LogP contribution in [0.3, 0.4) is 0 Å². The Kier molecular flexibility index (Phi) is 5.35. The number of ether oxygens (including phenoxy) is 3. The second-order valence-electron chi connectivity index (χ2n) is 9.97. The molecule has 0 spiro atoms. The number of nitrogens with one attached hydrogen (secondary N) is 1. The molecule has 0 bridgehead atoms. The lowest BCUT2D eigenvalue weighted by molar-refractivity contribution is -0.144. The molecule has 0 aromatic heterocycles. The Hall–Kier alpha value is -2.28. The van der Waals surface area contributed by atoms with Gasteiger partial charge in [0.15, 0.2) is 17.3 Å². The van der Waals surface area contributed by atoms with Crippen LogP contribution in [0.25, 0.3) is 0 Å². The fourth-order valence-corrected chi connectivity index (χ4v) is 5.94. The third-order valence-electron chi connectivity index (χ3n) is 6.84. The molecule has 1 atom stereocenters. The molecule has 1 N–H and O–H groups in total. The molecule has 0 radical (unpaired) electrons. The van der Waals surface area contributed by atoms with E-state index >= 15 is 0 Å². The van der Waals surface area contributed by atoms with Gasteiger partial charge in [-0.05, 0) is 62.1 Å². The number of rotatable bonds is 3. The van der Waals surface area contributed by atoms with Gasteiger partial charge in [-0.1, -0.05) is 29.8 Å². The summed E-state index contributed by atoms with van der Waals surface area (Å²) in [4.78, 5) is 26.9. The normalized spacial score (nSPS) is 24.5. The maximum atomic E-state index is 13.5. The topological polar surface area (TPSA) is 73.9 Å². The van der Waals surface area contributed by atoms with Gasteiger partial charge in [0.05, 0.1) is 5.57 Å². The molecule has 1 saturated carbocycles. The van der Waals surface area contributed by atoms with Gasteiger partial charge >= 0.3 is 5.97 Å². The number of ketones is 1. The van der Waals surface area contributed by atoms with Gasteiger partial charge in [-0.2, -0.15) is 0 Å². The summed E-state index contributed by atoms with van der Waals surface area (Å²) in [5.74, 6) is 0.467. The van der Waals surface area contributed by atoms with Crippen molar-refractivity contribution < 1.29 is 23.8 Å². The predicted molar refractivity (Wildman–Crippen MR) is 122 cm³/mol. The Morgan fingerprint density at radius 1 is 1.16 bits per heavy atom. The Balaban J connectivity index is 1.63. The minimum Gasteiger partial charge on any atom is -0.459 e. The Labute approximate surface area is 196 Å². The molecule has 7 heteroatoms. The minimum atomic E-state index is -0.521. The van der Waals surface area contributed by atoms with Crippen molar-refractivity contribution in [3.8, 4) is 11.5 Å². The standard InChI is InChI=1S/C25H28BrNO5/c1-13-21(24(29)32-14-6-4-5-7-14)22(15-8-19-20(9-16(15)26)31-12-30-19)23-17(27-13)10-25(2,3)11-18(23)28/h8-9,14,22,27H,4-7,10-12H2,1-3H3/t22-/m1/s1. The van der Waals surface area contributed by atoms with E-state index in [2.05, 4.69) is 35.1 Å². The summed E-state index contributed by atoms with van der Waals surface area (Å²) in [5, 5.41) is 3.40. The summed E-state index contributed by atoms with van der Waals surface area (Å²) in [6.07, 6.45) is 5.07. The molecule has 1 aromatic rings. The number of esters is 1. The number of allylic oxidation sites excluding steroid dienone is 3. The molecular formula is C25H28BrNO5. The second-order valence-corrected chi connectivity index (χ2v) is 10.8. The molecule has 5 rings (SSSR count). The monoisotopic (exact) mass is 501 g/mol. The van der Waals surface area contributed by atoms with E-state index < -0.39 is 5.92 Å². The van der Waals surface area contributed by atoms with Crippen molar-refractivity contribution in [3.05, 3.63) is 44.7 Å². The lowest BCUT2D eigenvalue weighted by Gasteiger charge is -2.39. The molecule has 1 fully saturated rings. The first-order valence-corrected chi connectivity index (χ1v) is 12.1. The van der Waals surface area contributed by atoms with Crippen LogP contribution in [0.5, 0.6) is 11.5 Å². The molecule has 1 aromatic carbocycles. The highest BCUT2D eigenvalue weighted by molar-refractivity contribution is 9.10. The van der Waals surface area contributed by atoms with E-state index in [0.29, 0.717) is 29.1 Å². The number of benzene rings is 1. The SMILES string of the molecule is CC1=C(C(=O)OC2CCCC2)[C@@H](c2cc3c(cc2Br)OCO3)C2=C(CC(C)(C)CC2=O)N1. The molecular weight excluding hydrogens is 474 g/mol. The Morgan fingerprint density at radius 3 is 2.56 bits per heavy atom. The van der Waals surface area contributed by atoms with Crippen LogP contribution in [-0.4, -0.2) is 24.6 Å². The van der Waals surface area contributed by atoms with Gasteiger partial charge in [0.25, 0.3) is 0 Å². The van der Waals surface area contributed by atoms with E-state index in [-0.39, 0.29) is 30.1 Å². The summed E-state index contributed by atoms with van der Waals surface area (Å²) in [6, 6.07) is 3.74. The highest BCUT2D eigenvalue weighted by Crippen LogP contribution is 2.50. The largest absolute Gasteiger partial charge is 0.459 e. The van der Waals surface area contributed by atoms with Crippen LogP contribution >= 0.6 is 15.9 Å². The van der Waals surface area contributed by atoms with Crippen LogP contribution in [0.4, 0.5) is 0 Å². The third-order valence-corrected chi connectivity index (χ3v) is 7.53. The minimum absolute atomic E-state index is 0.0555. The van der Waals surface area contributed by atoms with E-state index in [4.69, 9.17) is 14.2 Å². The first kappa shape index (κ1) is 21.6. The first-order chi connectivity index (χ1) is 15.2. The average Bonchev–Trinajstić information content (AvgIpc) is 3.36. The molecule has 0 saturated heterocycles. The van der Waals surface area contributed by atoms with Crippen molar-refractivity contribution in [1.29, 1.82) is 0 Å². The van der Waals surface area contributed by atoms with E-state index in [0.717, 1.165) is 53.5 Å². The van der Waals surface area contributed by atoms with Gasteiger partial charge < -0.3 is 19.5 Å². The number of carbonyl (C=O) groups excluding carboxylic acids is 2. The first-order valence-electron chi connectivity index (χ1n) is 11.3. The lowest BCUT2D eigenvalue weighted by atomic mass is 9.68. The zero-order valence-electron chi connectivity index (χ0n) is 18.7. The zero-order valence-corrected chi connectivity index (χ0v) is 20.3. The van der Waals surface area contributed by atoms with Gasteiger partial charge in [-0.25, -0.2) is 4.79 Å². The van der Waals surface area contributed by atoms with E-state index in [1.54, 1.807) is 0 Å². The van der Waals surface area contributed by atoms with Gasteiger partial charge in [0.1, 0.15) is 6.10 Å². The molecule has 32 heavy (non-hydrogen) atoms. The number of fused-ring (bicyclic) bond motifs is 1. The molecule has 0 amide bonds. The summed E-state index contributed by atoms with van der Waals surface area (Å²) in [5.41, 5.74) is 3.48. The summed E-state index contributed by atoms with van der Waals surface area (Å²) in [6.45, 7) is 6.26. The fourth-order valence-electron chi connectivity index (χ4n) is 5.39. The smallest absolute Gasteiger partial charge is 0.337 e. The number of halogens is 1. The highest BCUT2D eigenvalue weighted by Gasteiger charge is 2.44. The molecule has 4 aliphatic rings. The van der Waals surface area contributed by atoms with Crippen LogP contribution in [-0.2, 0) is 14.3 Å². The van der Waals surface area contributed by atoms with E-state index in [1.165, 1.54) is 0 Å². The number of dihydropyridines is 1. The van der Waals surface area contributed by atoms with Crippen LogP contribution in [0.1, 0.15) is 70.8 Å². The molecule has 0 unspecified atom stereocenters. The van der Waals surface area contributed by atoms with Crippen molar-refractivity contribution in [2.45, 2.75) is 71.3 Å². The molecule has 170 valence electrons. The maximum absolute atomic E-state index is 13.5. The van der Waals surface area contributed by atoms with Gasteiger partial charge in [0, 0.05) is 33.8 Å². The summed E-state index contributed by atoms with van der Waals surface area (Å²) < 4.78 is 17.8. The summed E-state index contributed by atoms with van der Waals surface area (Å²) >= 11 is 3.66. The van der Waals surface area contributed by atoms with Crippen molar-refractivity contribution in [2.75, 3.05) is 6.79 Å². The van der Waals surface area contributed by atoms with Gasteiger partial charge in [0.2, 0.25) is 6.79 Å². The van der Waals surface area contributed by atoms with Crippen molar-refractivity contribution >= 4 is 27.7 Å². The van der Waals surface area contributed by atoms with Crippen molar-refractivity contribution in [2.24, 2.45) is 5.41 Å². The highest BCUT2D eigenvalue weighted by atomic mass is 79.9. The van der Waals surface area contributed by atoms with Gasteiger partial charge in [-0.3, -0.25) is 4.79 Å². The molecule has 2 aliphatic heterocycles. The van der Waals surface area contributed by atoms with E-state index in [9.17, 15) is 9.59 Å². The van der Waals surface area contributed by atoms with Gasteiger partial charge in [-0.15, -0.1) is 0 Å².